The second kappa shape index (κ2) is 40.0. The van der Waals surface area contributed by atoms with Crippen LogP contribution < -0.4 is 72.0 Å². The average molecular weight is 1870 g/mol. The summed E-state index contributed by atoms with van der Waals surface area (Å²) in [5, 5.41) is 190. The number of nitrogens with one attached hydrogen (secondary N) is 8. The van der Waals surface area contributed by atoms with Gasteiger partial charge in [0, 0.05) is 54.2 Å². The van der Waals surface area contributed by atoms with Crippen molar-refractivity contribution < 1.29 is 162 Å². The van der Waals surface area contributed by atoms with Crippen molar-refractivity contribution in [2.45, 2.75) is 200 Å². The number of fused-ring (bicyclic) bond motifs is 13. The quantitative estimate of drug-likeness (QED) is 0.0524. The molecule has 42 nitrogen and oxygen atoms in total. The zero-order valence-electron chi connectivity index (χ0n) is 69.6. The Morgan fingerprint density at radius 1 is 0.534 bits per heavy atom. The zero-order chi connectivity index (χ0) is 94.2. The molecule has 7 aromatic carbocycles. The third kappa shape index (κ3) is 20.2. The van der Waals surface area contributed by atoms with E-state index in [4.69, 9.17) is 71.6 Å². The van der Waals surface area contributed by atoms with Crippen LogP contribution in [0.5, 0.6) is 69.0 Å². The van der Waals surface area contributed by atoms with Crippen LogP contribution in [0.4, 0.5) is 0 Å². The van der Waals surface area contributed by atoms with Gasteiger partial charge in [-0.1, -0.05) is 86.6 Å². The normalized spacial score (nSPS) is 29.2. The molecule has 0 spiro atoms. The number of phenols is 4. The summed E-state index contributed by atoms with van der Waals surface area (Å²) in [6.45, 7) is 1.87. The Morgan fingerprint density at radius 2 is 1.11 bits per heavy atom. The number of aliphatic hydroxyl groups is 10. The van der Waals surface area contributed by atoms with Gasteiger partial charge in [0.25, 0.3) is 0 Å². The Bertz CT molecular complexity index is 5540. The van der Waals surface area contributed by atoms with E-state index in [0.717, 1.165) is 98.6 Å². The number of halogens is 2. The molecule has 0 aromatic heterocycles. The fourth-order valence-corrected chi connectivity index (χ4v) is 16.8. The van der Waals surface area contributed by atoms with E-state index < -0.39 is 327 Å². The van der Waals surface area contributed by atoms with Gasteiger partial charge in [-0.3, -0.25) is 38.4 Å². The summed E-state index contributed by atoms with van der Waals surface area (Å²) in [5.41, 5.74) is 2.63. The van der Waals surface area contributed by atoms with E-state index >= 15 is 24.0 Å². The number of aromatic hydroxyl groups is 4. The van der Waals surface area contributed by atoms with Crippen molar-refractivity contribution in [3.8, 4) is 80.1 Å². The molecule has 24 atom stereocenters. The highest BCUT2D eigenvalue weighted by molar-refractivity contribution is 6.32. The highest BCUT2D eigenvalue weighted by Gasteiger charge is 2.52. The van der Waals surface area contributed by atoms with E-state index in [0.29, 0.717) is 18.8 Å². The molecule has 25 N–H and O–H groups in total. The third-order valence-electron chi connectivity index (χ3n) is 23.5. The van der Waals surface area contributed by atoms with Gasteiger partial charge in [0.05, 0.1) is 29.9 Å². The van der Waals surface area contributed by atoms with Crippen molar-refractivity contribution in [1.82, 2.24) is 42.5 Å². The highest BCUT2D eigenvalue weighted by atomic mass is 35.5. The summed E-state index contributed by atoms with van der Waals surface area (Å²) in [7, 11) is 0. The number of carbonyl (C=O) groups excluding carboxylic acids is 8. The summed E-state index contributed by atoms with van der Waals surface area (Å²) in [6, 6.07) is 0.660. The van der Waals surface area contributed by atoms with Crippen molar-refractivity contribution in [3.05, 3.63) is 164 Å². The third-order valence-corrected chi connectivity index (χ3v) is 24.1. The van der Waals surface area contributed by atoms with Crippen molar-refractivity contribution in [2.24, 2.45) is 11.7 Å². The van der Waals surface area contributed by atoms with Gasteiger partial charge in [0.1, 0.15) is 156 Å². The lowest BCUT2D eigenvalue weighted by molar-refractivity contribution is -0.284. The fraction of sp³-hybridized carbons (Fsp3) is 0.414. The summed E-state index contributed by atoms with van der Waals surface area (Å²) in [4.78, 5) is 138. The van der Waals surface area contributed by atoms with E-state index in [1.54, 1.807) is 0 Å². The van der Waals surface area contributed by atoms with E-state index in [1.165, 1.54) is 36.4 Å². The molecule has 24 unspecified atom stereocenters. The maximum Gasteiger partial charge on any atom is 0.330 e. The monoisotopic (exact) mass is 1860 g/mol. The van der Waals surface area contributed by atoms with Gasteiger partial charge in [-0.2, -0.15) is 0 Å². The number of para-hydroxylation sites is 1. The number of rotatable bonds is 18. The standard InChI is InChI=1S/C87H95Cl2N9O33/c1-4-32(2)8-5-6-11-58(107)93-66-72(112)69(109)56(30-100)128-86(66)131-77-53-24-38-25-54(77)125-51-17-14-36(23-46(51)89)75(130-85-65(91-33(3)102)71(111)68(108)55(29-99)127-85)67-83(120)97-64(84(121)122)44-27-40(104)28-52(126-87-74(114)73(113)70(110)57(31-101)129-87)59(44)43-22-35(13-15-48(43)105)61(80(117)98-67)95-82(119)63(38)96-81(118)62-37-20-39(103)26-41(21-37)123-76-42(9-7-10-49(76)106)60(90)79(116)92-47(78(115)94-62)19-34-12-16-50(124-53)45(88)18-34/h7,9-10,12-18,20-28,32,47,55-57,60-75,85-87,99-101,103-106,108-114H,4-6,8,11,19,29-31,90H2,1-3H3,(H,91,102)(H,92,116)(H,93,107)(H,94,115)(H,95,119)(H,96,118)(H,97,120)(H,98,117)(H,121,122). The summed E-state index contributed by atoms with van der Waals surface area (Å²) < 4.78 is 57.5. The molecule has 9 aliphatic rings. The number of aliphatic hydroxyl groups excluding tert-OH is 10. The molecule has 15 bridgehead atoms. The predicted molar refractivity (Wildman–Crippen MR) is 448 cm³/mol. The molecule has 131 heavy (non-hydrogen) atoms. The minimum atomic E-state index is -2.59. The molecule has 3 saturated heterocycles. The van der Waals surface area contributed by atoms with Crippen LogP contribution in [0.25, 0.3) is 11.1 Å². The van der Waals surface area contributed by atoms with Crippen LogP contribution in [0, 0.1) is 5.92 Å². The number of benzene rings is 7. The number of hydrogen-bond donors (Lipinski definition) is 24. The lowest BCUT2D eigenvalue weighted by Gasteiger charge is -2.44. The first-order chi connectivity index (χ1) is 62.4. The van der Waals surface area contributed by atoms with Crippen LogP contribution in [-0.4, -0.2) is 254 Å². The SMILES string of the molecule is CCC(C)CCCCC(=O)NC1C(Oc2c3cc4cc2Oc2ccc(cc2Cl)C(OC2OC(CO)C(O)C(O)C2NC(C)=O)C2NC(=O)C(NC(=O)C4NC(=O)C4NC(=O)C(Cc5ccc(c(Cl)c5)O3)NC(=O)C(N)c3cccc(O)c3Oc3cc(O)cc4c3)c3ccc(O)c(c3)-c3c(OC4OC(CO)C(O)C(O)C4O)cc(O)cc3C(C(=O)O)NC2=O)OC(CO)C(O)C1O. The van der Waals surface area contributed by atoms with E-state index in [1.807, 2.05) is 13.8 Å². The molecule has 9 aliphatic heterocycles. The average Bonchev–Trinajstić information content (AvgIpc) is 1.27. The van der Waals surface area contributed by atoms with Crippen molar-refractivity contribution in [3.63, 3.8) is 0 Å². The summed E-state index contributed by atoms with van der Waals surface area (Å²) >= 11 is 14.7. The van der Waals surface area contributed by atoms with Gasteiger partial charge in [-0.25, -0.2) is 4.79 Å². The molecular weight excluding hydrogens is 1770 g/mol. The van der Waals surface area contributed by atoms with Crippen LogP contribution >= 0.6 is 23.2 Å². The number of unbranched alkanes of at least 4 members (excludes halogenated alkanes) is 1. The molecule has 44 heteroatoms. The van der Waals surface area contributed by atoms with Gasteiger partial charge < -0.3 is 167 Å². The largest absolute Gasteiger partial charge is 0.508 e. The minimum absolute atomic E-state index is 0.149. The number of nitrogens with two attached hydrogens (primary N) is 1. The molecule has 3 fully saturated rings. The van der Waals surface area contributed by atoms with Gasteiger partial charge in [-0.05, 0) is 113 Å². The molecule has 9 heterocycles. The van der Waals surface area contributed by atoms with Crippen molar-refractivity contribution in [2.75, 3.05) is 19.8 Å². The molecule has 0 radical (unpaired) electrons. The first-order valence-electron chi connectivity index (χ1n) is 41.5. The first kappa shape index (κ1) is 95.0. The Morgan fingerprint density at radius 3 is 1.74 bits per heavy atom. The van der Waals surface area contributed by atoms with E-state index in [9.17, 15) is 95.8 Å². The second-order valence-electron chi connectivity index (χ2n) is 32.6. The van der Waals surface area contributed by atoms with Crippen LogP contribution in [0.3, 0.4) is 0 Å². The van der Waals surface area contributed by atoms with Gasteiger partial charge >= 0.3 is 5.97 Å². The molecule has 700 valence electrons. The number of carboxylic acid groups (broad SMARTS) is 1. The number of carboxylic acids is 1. The highest BCUT2D eigenvalue weighted by Crippen LogP contribution is 2.51. The van der Waals surface area contributed by atoms with Crippen molar-refractivity contribution in [1.29, 1.82) is 0 Å². The molecular formula is C87H95Cl2N9O33. The number of phenolic OH excluding ortho intramolecular Hbond substituents is 4. The number of ether oxygens (including phenoxy) is 9. The number of amides is 8. The predicted octanol–water partition coefficient (Wildman–Crippen LogP) is 0.629. The molecule has 0 aliphatic carbocycles. The van der Waals surface area contributed by atoms with Gasteiger partial charge in [0.15, 0.2) is 35.3 Å². The number of carbonyl (C=O) groups is 9. The van der Waals surface area contributed by atoms with Crippen LogP contribution in [-0.2, 0) is 68.5 Å². The first-order valence-corrected chi connectivity index (χ1v) is 42.3. The smallest absolute Gasteiger partial charge is 0.330 e. The Hall–Kier alpha value is -12.1. The van der Waals surface area contributed by atoms with Crippen LogP contribution in [0.1, 0.15) is 128 Å². The second-order valence-corrected chi connectivity index (χ2v) is 33.4. The Kier molecular flexibility index (Phi) is 29.0. The summed E-state index contributed by atoms with van der Waals surface area (Å²) in [6.07, 6.45) is -26.9. The zero-order valence-corrected chi connectivity index (χ0v) is 71.1. The van der Waals surface area contributed by atoms with Crippen LogP contribution in [0.15, 0.2) is 115 Å². The lowest BCUT2D eigenvalue weighted by Crippen LogP contribution is -2.65. The Balaban J connectivity index is 1.04. The number of aliphatic carboxylic acids is 1. The lowest BCUT2D eigenvalue weighted by atomic mass is 9.89. The van der Waals surface area contributed by atoms with E-state index in [2.05, 4.69) is 42.5 Å². The maximum atomic E-state index is 17.0. The topological polar surface area (TPSA) is 662 Å². The molecule has 8 amide bonds. The fourth-order valence-electron chi connectivity index (χ4n) is 16.3. The maximum absolute atomic E-state index is 17.0. The molecule has 7 aromatic rings. The minimum Gasteiger partial charge on any atom is -0.508 e. The Labute approximate surface area is 753 Å². The van der Waals surface area contributed by atoms with Crippen LogP contribution in [0.2, 0.25) is 10.0 Å². The van der Waals surface area contributed by atoms with Gasteiger partial charge in [-0.15, -0.1) is 0 Å². The van der Waals surface area contributed by atoms with Crippen molar-refractivity contribution >= 4 is 76.4 Å². The molecule has 0 saturated carbocycles. The summed E-state index contributed by atoms with van der Waals surface area (Å²) in [5.74, 6) is -19.6. The molecule has 16 rings (SSSR count). The van der Waals surface area contributed by atoms with E-state index in [-0.39, 0.29) is 28.3 Å². The van der Waals surface area contributed by atoms with Gasteiger partial charge in [0.2, 0.25) is 65.6 Å². The number of hydrogen-bond acceptors (Lipinski definition) is 33.